The lowest BCUT2D eigenvalue weighted by Crippen LogP contribution is -2.50. The fourth-order valence-electron chi connectivity index (χ4n) is 5.48. The summed E-state index contributed by atoms with van der Waals surface area (Å²) in [6.45, 7) is 5.91. The largest absolute Gasteiger partial charge is 0.353 e. The number of pyridine rings is 1. The summed E-state index contributed by atoms with van der Waals surface area (Å²) in [6.07, 6.45) is 14.9. The van der Waals surface area contributed by atoms with Gasteiger partial charge in [0.25, 0.3) is 5.91 Å². The highest BCUT2D eigenvalue weighted by Gasteiger charge is 2.27. The zero-order valence-corrected chi connectivity index (χ0v) is 21.3. The highest BCUT2D eigenvalue weighted by molar-refractivity contribution is 6.08. The zero-order valence-electron chi connectivity index (χ0n) is 21.3. The number of nitrogens with zero attached hydrogens (tertiary/aromatic N) is 8. The Bertz CT molecular complexity index is 1360. The van der Waals surface area contributed by atoms with E-state index in [4.69, 9.17) is 5.10 Å². The molecule has 0 bridgehead atoms. The summed E-state index contributed by atoms with van der Waals surface area (Å²) in [5.41, 5.74) is 1.98. The number of amides is 1. The number of piperazine rings is 1. The van der Waals surface area contributed by atoms with E-state index in [1.165, 1.54) is 44.7 Å². The summed E-state index contributed by atoms with van der Waals surface area (Å²) in [5, 5.41) is 12.2. The molecule has 37 heavy (non-hydrogen) atoms. The van der Waals surface area contributed by atoms with Crippen molar-refractivity contribution in [2.24, 2.45) is 0 Å². The van der Waals surface area contributed by atoms with E-state index >= 15 is 0 Å². The van der Waals surface area contributed by atoms with Crippen molar-refractivity contribution in [3.63, 3.8) is 0 Å². The summed E-state index contributed by atoms with van der Waals surface area (Å²) in [7, 11) is 0. The molecule has 0 aromatic carbocycles. The third kappa shape index (κ3) is 4.93. The minimum absolute atomic E-state index is 0.285. The maximum Gasteiger partial charge on any atom is 0.262 e. The summed E-state index contributed by atoms with van der Waals surface area (Å²) in [6, 6.07) is 8.36. The maximum absolute atomic E-state index is 13.3. The van der Waals surface area contributed by atoms with Crippen molar-refractivity contribution in [2.45, 2.75) is 51.5 Å². The van der Waals surface area contributed by atoms with E-state index in [0.29, 0.717) is 28.9 Å². The molecule has 1 aliphatic heterocycles. The van der Waals surface area contributed by atoms with Gasteiger partial charge in [0.05, 0.1) is 6.20 Å². The normalized spacial score (nSPS) is 17.7. The topological polar surface area (TPSA) is 96.5 Å². The van der Waals surface area contributed by atoms with Crippen LogP contribution in [-0.4, -0.2) is 72.4 Å². The molecule has 1 amide bonds. The predicted octanol–water partition coefficient (Wildman–Crippen LogP) is 3.72. The number of aromatic nitrogens is 6. The highest BCUT2D eigenvalue weighted by Crippen LogP contribution is 2.27. The fraction of sp³-hybridized carbons (Fsp3) is 0.444. The summed E-state index contributed by atoms with van der Waals surface area (Å²) < 4.78 is 3.30. The van der Waals surface area contributed by atoms with Gasteiger partial charge in [-0.2, -0.15) is 9.78 Å². The van der Waals surface area contributed by atoms with Crippen LogP contribution in [0.25, 0.3) is 11.5 Å². The monoisotopic (exact) mass is 499 g/mol. The lowest BCUT2D eigenvalue weighted by atomic mass is 10.1. The van der Waals surface area contributed by atoms with Crippen LogP contribution in [0.3, 0.4) is 0 Å². The molecule has 4 aromatic rings. The van der Waals surface area contributed by atoms with Crippen molar-refractivity contribution in [1.82, 2.24) is 34.3 Å². The van der Waals surface area contributed by atoms with E-state index in [-0.39, 0.29) is 5.91 Å². The first-order valence-electron chi connectivity index (χ1n) is 13.3. The number of carbonyl (C=O) groups is 1. The van der Waals surface area contributed by atoms with Crippen molar-refractivity contribution in [3.05, 3.63) is 60.2 Å². The van der Waals surface area contributed by atoms with E-state index in [0.717, 1.165) is 37.6 Å². The van der Waals surface area contributed by atoms with E-state index in [2.05, 4.69) is 30.2 Å². The third-order valence-electron chi connectivity index (χ3n) is 7.55. The molecule has 1 aliphatic carbocycles. The Hall–Kier alpha value is -3.79. The van der Waals surface area contributed by atoms with Crippen LogP contribution in [-0.2, 0) is 0 Å². The van der Waals surface area contributed by atoms with E-state index in [1.807, 2.05) is 31.3 Å². The van der Waals surface area contributed by atoms with Gasteiger partial charge in [0.2, 0.25) is 0 Å². The SMILES string of the molecule is Cc1ccc(-n2nc(N3CCN(C4CCCCCC4)CC3)cc2NC(=O)c2cnn3cccnc23)nc1. The minimum Gasteiger partial charge on any atom is -0.353 e. The molecule has 10 nitrogen and oxygen atoms in total. The molecule has 5 heterocycles. The first-order chi connectivity index (χ1) is 18.2. The van der Waals surface area contributed by atoms with Crippen LogP contribution in [0.1, 0.15) is 54.4 Å². The molecule has 0 unspecified atom stereocenters. The van der Waals surface area contributed by atoms with Crippen molar-refractivity contribution in [1.29, 1.82) is 0 Å². The second-order valence-electron chi connectivity index (χ2n) is 10.1. The molecule has 1 N–H and O–H groups in total. The van der Waals surface area contributed by atoms with Crippen molar-refractivity contribution < 1.29 is 4.79 Å². The number of aryl methyl sites for hydroxylation is 1. The van der Waals surface area contributed by atoms with Gasteiger partial charge in [0.15, 0.2) is 17.3 Å². The highest BCUT2D eigenvalue weighted by atomic mass is 16.1. The minimum atomic E-state index is -0.285. The third-order valence-corrected chi connectivity index (χ3v) is 7.55. The lowest BCUT2D eigenvalue weighted by molar-refractivity contribution is 0.102. The van der Waals surface area contributed by atoms with Crippen LogP contribution in [0.5, 0.6) is 0 Å². The van der Waals surface area contributed by atoms with Crippen molar-refractivity contribution in [3.8, 4) is 5.82 Å². The molecule has 0 atom stereocenters. The Morgan fingerprint density at radius 3 is 2.54 bits per heavy atom. The standard InChI is InChI=1S/C27H33N9O/c1-20-9-10-23(29-18-20)36-24(31-27(37)22-19-30-35-12-6-11-28-26(22)35)17-25(32-36)34-15-13-33(14-16-34)21-7-4-2-3-5-8-21/h6,9-12,17-19,21H,2-5,7-8,13-16H2,1H3,(H,31,37). The van der Waals surface area contributed by atoms with Crippen molar-refractivity contribution >= 4 is 23.2 Å². The summed E-state index contributed by atoms with van der Waals surface area (Å²) >= 11 is 0. The zero-order chi connectivity index (χ0) is 25.2. The molecule has 0 radical (unpaired) electrons. The summed E-state index contributed by atoms with van der Waals surface area (Å²) in [4.78, 5) is 27.1. The van der Waals surface area contributed by atoms with Gasteiger partial charge in [-0.15, -0.1) is 5.10 Å². The predicted molar refractivity (Wildman–Crippen MR) is 142 cm³/mol. The number of anilines is 2. The number of hydrogen-bond donors (Lipinski definition) is 1. The average Bonchev–Trinajstić information content (AvgIpc) is 3.44. The van der Waals surface area contributed by atoms with Gasteiger partial charge in [-0.3, -0.25) is 9.69 Å². The molecule has 6 rings (SSSR count). The van der Waals surface area contributed by atoms with Gasteiger partial charge in [-0.25, -0.2) is 14.5 Å². The van der Waals surface area contributed by atoms with Crippen LogP contribution < -0.4 is 10.2 Å². The number of fused-ring (bicyclic) bond motifs is 1. The molecule has 1 saturated carbocycles. The number of nitrogens with one attached hydrogen (secondary N) is 1. The quantitative estimate of drug-likeness (QED) is 0.418. The molecule has 192 valence electrons. The lowest BCUT2D eigenvalue weighted by Gasteiger charge is -2.39. The molecule has 4 aromatic heterocycles. The molecule has 1 saturated heterocycles. The van der Waals surface area contributed by atoms with Crippen LogP contribution in [0, 0.1) is 6.92 Å². The average molecular weight is 500 g/mol. The molecule has 0 spiro atoms. The van der Waals surface area contributed by atoms with Crippen LogP contribution in [0.4, 0.5) is 11.6 Å². The van der Waals surface area contributed by atoms with Gasteiger partial charge in [-0.05, 0) is 37.5 Å². The second kappa shape index (κ2) is 10.3. The van der Waals surface area contributed by atoms with Gasteiger partial charge < -0.3 is 10.2 Å². The fourth-order valence-corrected chi connectivity index (χ4v) is 5.48. The van der Waals surface area contributed by atoms with Crippen LogP contribution in [0.2, 0.25) is 0 Å². The Labute approximate surface area is 216 Å². The number of rotatable bonds is 5. The maximum atomic E-state index is 13.3. The molecule has 10 heteroatoms. The van der Waals surface area contributed by atoms with Gasteiger partial charge >= 0.3 is 0 Å². The van der Waals surface area contributed by atoms with Gasteiger partial charge in [-0.1, -0.05) is 31.7 Å². The first kappa shape index (κ1) is 23.6. The van der Waals surface area contributed by atoms with Crippen LogP contribution in [0.15, 0.2) is 49.1 Å². The van der Waals surface area contributed by atoms with E-state index in [1.54, 1.807) is 27.7 Å². The Morgan fingerprint density at radius 1 is 0.973 bits per heavy atom. The Kier molecular flexibility index (Phi) is 6.57. The molecular weight excluding hydrogens is 466 g/mol. The first-order valence-corrected chi connectivity index (χ1v) is 13.3. The molecular formula is C27H33N9O. The summed E-state index contributed by atoms with van der Waals surface area (Å²) in [5.74, 6) is 1.78. The second-order valence-corrected chi connectivity index (χ2v) is 10.1. The van der Waals surface area contributed by atoms with E-state index < -0.39 is 0 Å². The molecule has 2 fully saturated rings. The molecule has 2 aliphatic rings. The van der Waals surface area contributed by atoms with E-state index in [9.17, 15) is 4.79 Å². The number of hydrogen-bond acceptors (Lipinski definition) is 7. The number of carbonyl (C=O) groups excluding carboxylic acids is 1. The van der Waals surface area contributed by atoms with Gasteiger partial charge in [0.1, 0.15) is 11.4 Å². The Morgan fingerprint density at radius 2 is 1.78 bits per heavy atom. The van der Waals surface area contributed by atoms with Gasteiger partial charge in [0, 0.05) is 56.9 Å². The smallest absolute Gasteiger partial charge is 0.262 e. The Balaban J connectivity index is 1.24. The van der Waals surface area contributed by atoms with Crippen LogP contribution >= 0.6 is 0 Å². The van der Waals surface area contributed by atoms with Crippen molar-refractivity contribution in [2.75, 3.05) is 36.4 Å².